The van der Waals surface area contributed by atoms with Crippen molar-refractivity contribution in [2.24, 2.45) is 11.5 Å². The monoisotopic (exact) mass is 299 g/mol. The minimum Gasteiger partial charge on any atom is -0.483 e. The highest BCUT2D eigenvalue weighted by atomic mass is 35.5. The molecule has 0 amide bonds. The SMILES string of the molecule is CO/C(N)=C/C=C(\N)C(O)c1cc([B]O)c(F)cc1Cl. The zero-order valence-electron chi connectivity index (χ0n) is 10.7. The first-order chi connectivity index (χ1) is 9.40. The number of nitrogens with two attached hydrogens (primary N) is 2. The van der Waals surface area contributed by atoms with Crippen LogP contribution in [0.3, 0.4) is 0 Å². The number of benzene rings is 1. The van der Waals surface area contributed by atoms with Crippen molar-refractivity contribution in [3.63, 3.8) is 0 Å². The Morgan fingerprint density at radius 3 is 2.65 bits per heavy atom. The molecule has 0 saturated carbocycles. The summed E-state index contributed by atoms with van der Waals surface area (Å²) in [6, 6.07) is 2.18. The van der Waals surface area contributed by atoms with E-state index in [1.165, 1.54) is 25.3 Å². The van der Waals surface area contributed by atoms with Gasteiger partial charge in [-0.15, -0.1) is 0 Å². The molecule has 1 radical (unpaired) electrons. The van der Waals surface area contributed by atoms with Crippen molar-refractivity contribution in [3.05, 3.63) is 52.3 Å². The standard InChI is InChI=1S/C12H14BClFN2O3/c1-20-11(17)3-2-10(16)12(18)6-4-7(13-19)9(15)5-8(6)14/h2-5,12,18-19H,16-17H2,1H3/b10-2-,11-3+. The molecule has 107 valence electrons. The molecule has 0 fully saturated rings. The van der Waals surface area contributed by atoms with E-state index >= 15 is 0 Å². The Morgan fingerprint density at radius 2 is 2.10 bits per heavy atom. The molecule has 5 nitrogen and oxygen atoms in total. The van der Waals surface area contributed by atoms with Gasteiger partial charge in [0.1, 0.15) is 11.9 Å². The molecule has 1 aromatic carbocycles. The van der Waals surface area contributed by atoms with Gasteiger partial charge in [-0.3, -0.25) is 0 Å². The van der Waals surface area contributed by atoms with E-state index in [-0.39, 0.29) is 27.6 Å². The van der Waals surface area contributed by atoms with Crippen LogP contribution in [-0.2, 0) is 4.74 Å². The highest BCUT2D eigenvalue weighted by molar-refractivity contribution is 6.46. The quantitative estimate of drug-likeness (QED) is 0.349. The minimum absolute atomic E-state index is 0.0133. The van der Waals surface area contributed by atoms with Gasteiger partial charge in [-0.05, 0) is 23.7 Å². The molecule has 1 unspecified atom stereocenters. The van der Waals surface area contributed by atoms with E-state index in [0.717, 1.165) is 6.07 Å². The van der Waals surface area contributed by atoms with Crippen LogP contribution in [0.25, 0.3) is 0 Å². The lowest BCUT2D eigenvalue weighted by molar-refractivity contribution is 0.214. The predicted molar refractivity (Wildman–Crippen MR) is 75.5 cm³/mol. The smallest absolute Gasteiger partial charge is 0.329 e. The number of hydrogen-bond acceptors (Lipinski definition) is 5. The van der Waals surface area contributed by atoms with E-state index in [4.69, 9.17) is 32.8 Å². The van der Waals surface area contributed by atoms with Crippen molar-refractivity contribution in [2.45, 2.75) is 6.10 Å². The summed E-state index contributed by atoms with van der Waals surface area (Å²) in [5, 5.41) is 18.9. The second kappa shape index (κ2) is 7.18. The summed E-state index contributed by atoms with van der Waals surface area (Å²) in [7, 11) is 1.96. The fourth-order valence-electron chi connectivity index (χ4n) is 1.41. The zero-order chi connectivity index (χ0) is 15.3. The van der Waals surface area contributed by atoms with Crippen LogP contribution in [0.2, 0.25) is 5.02 Å². The molecule has 0 aromatic heterocycles. The van der Waals surface area contributed by atoms with E-state index in [1.807, 2.05) is 0 Å². The van der Waals surface area contributed by atoms with Gasteiger partial charge >= 0.3 is 7.48 Å². The molecule has 1 rings (SSSR count). The predicted octanol–water partition coefficient (Wildman–Crippen LogP) is 0.0384. The van der Waals surface area contributed by atoms with Gasteiger partial charge in [0, 0.05) is 16.3 Å². The third-order valence-electron chi connectivity index (χ3n) is 2.54. The van der Waals surface area contributed by atoms with Gasteiger partial charge in [-0.25, -0.2) is 4.39 Å². The van der Waals surface area contributed by atoms with Crippen LogP contribution >= 0.6 is 11.6 Å². The third kappa shape index (κ3) is 3.90. The van der Waals surface area contributed by atoms with Gasteiger partial charge in [-0.2, -0.15) is 0 Å². The van der Waals surface area contributed by atoms with Crippen LogP contribution in [0, 0.1) is 5.82 Å². The first-order valence-electron chi connectivity index (χ1n) is 5.52. The Hall–Kier alpha value is -1.70. The van der Waals surface area contributed by atoms with Crippen molar-refractivity contribution in [3.8, 4) is 0 Å². The lowest BCUT2D eigenvalue weighted by atomic mass is 9.86. The molecule has 6 N–H and O–H groups in total. The Kier molecular flexibility index (Phi) is 5.88. The summed E-state index contributed by atoms with van der Waals surface area (Å²) >= 11 is 5.84. The highest BCUT2D eigenvalue weighted by Gasteiger charge is 2.17. The summed E-state index contributed by atoms with van der Waals surface area (Å²) in [5.74, 6) is -0.603. The molecule has 0 aliphatic heterocycles. The number of hydrogen-bond donors (Lipinski definition) is 4. The summed E-state index contributed by atoms with van der Waals surface area (Å²) in [6.45, 7) is 0. The average Bonchev–Trinajstić information content (AvgIpc) is 2.43. The van der Waals surface area contributed by atoms with Crippen molar-refractivity contribution >= 4 is 24.5 Å². The first kappa shape index (κ1) is 16.4. The second-order valence-electron chi connectivity index (χ2n) is 3.87. The Labute approximate surface area is 121 Å². The maximum Gasteiger partial charge on any atom is 0.329 e. The number of aliphatic hydroxyl groups excluding tert-OH is 1. The average molecular weight is 300 g/mol. The maximum atomic E-state index is 13.3. The van der Waals surface area contributed by atoms with Gasteiger partial charge < -0.3 is 26.3 Å². The fraction of sp³-hybridized carbons (Fsp3) is 0.167. The third-order valence-corrected chi connectivity index (χ3v) is 2.87. The van der Waals surface area contributed by atoms with Gasteiger partial charge in [0.15, 0.2) is 5.88 Å². The van der Waals surface area contributed by atoms with Crippen LogP contribution < -0.4 is 16.9 Å². The van der Waals surface area contributed by atoms with Crippen LogP contribution in [0.1, 0.15) is 11.7 Å². The van der Waals surface area contributed by atoms with Crippen molar-refractivity contribution < 1.29 is 19.3 Å². The number of aliphatic hydroxyl groups is 1. The molecule has 0 heterocycles. The molecule has 0 aliphatic rings. The van der Waals surface area contributed by atoms with Gasteiger partial charge in [0.2, 0.25) is 0 Å². The molecule has 0 bridgehead atoms. The molecule has 20 heavy (non-hydrogen) atoms. The number of halogens is 2. The summed E-state index contributed by atoms with van der Waals surface area (Å²) in [4.78, 5) is 0. The molecule has 1 aromatic rings. The van der Waals surface area contributed by atoms with Gasteiger partial charge in [-0.1, -0.05) is 17.7 Å². The summed E-state index contributed by atoms with van der Waals surface area (Å²) in [5.41, 5.74) is 11.2. The largest absolute Gasteiger partial charge is 0.483 e. The summed E-state index contributed by atoms with van der Waals surface area (Å²) in [6.07, 6.45) is 1.42. The normalized spacial score (nSPS) is 14.1. The number of rotatable bonds is 5. The molecular weight excluding hydrogens is 285 g/mol. The van der Waals surface area contributed by atoms with E-state index in [1.54, 1.807) is 0 Å². The molecule has 8 heteroatoms. The highest BCUT2D eigenvalue weighted by Crippen LogP contribution is 2.26. The first-order valence-corrected chi connectivity index (χ1v) is 5.89. The Morgan fingerprint density at radius 1 is 1.45 bits per heavy atom. The Balaban J connectivity index is 3.11. The van der Waals surface area contributed by atoms with E-state index in [9.17, 15) is 9.50 Å². The van der Waals surface area contributed by atoms with Crippen LogP contribution in [0.4, 0.5) is 4.39 Å². The van der Waals surface area contributed by atoms with E-state index in [2.05, 4.69) is 0 Å². The number of ether oxygens (including phenoxy) is 1. The lowest BCUT2D eigenvalue weighted by Crippen LogP contribution is -2.21. The van der Waals surface area contributed by atoms with Crippen LogP contribution in [0.5, 0.6) is 0 Å². The maximum absolute atomic E-state index is 13.3. The van der Waals surface area contributed by atoms with Crippen LogP contribution in [0.15, 0.2) is 35.9 Å². The van der Waals surface area contributed by atoms with Crippen molar-refractivity contribution in [1.29, 1.82) is 0 Å². The van der Waals surface area contributed by atoms with E-state index in [0.29, 0.717) is 7.48 Å². The molecule has 0 saturated heterocycles. The minimum atomic E-state index is -1.28. The number of methoxy groups -OCH3 is 1. The molecule has 0 spiro atoms. The lowest BCUT2D eigenvalue weighted by Gasteiger charge is -2.14. The second-order valence-corrected chi connectivity index (χ2v) is 4.27. The van der Waals surface area contributed by atoms with Crippen molar-refractivity contribution in [1.82, 2.24) is 0 Å². The Bertz CT molecular complexity index is 552. The summed E-state index contributed by atoms with van der Waals surface area (Å²) < 4.78 is 18.1. The van der Waals surface area contributed by atoms with Gasteiger partial charge in [0.25, 0.3) is 0 Å². The number of allylic oxidation sites excluding steroid dienone is 2. The molecule has 0 aliphatic carbocycles. The van der Waals surface area contributed by atoms with E-state index < -0.39 is 11.9 Å². The fourth-order valence-corrected chi connectivity index (χ4v) is 1.66. The topological polar surface area (TPSA) is 102 Å². The zero-order valence-corrected chi connectivity index (χ0v) is 11.4. The molecular formula is C12H14BClFN2O3. The molecule has 1 atom stereocenters. The van der Waals surface area contributed by atoms with Crippen LogP contribution in [-0.4, -0.2) is 24.7 Å². The van der Waals surface area contributed by atoms with Crippen molar-refractivity contribution in [2.75, 3.05) is 7.11 Å². The van der Waals surface area contributed by atoms with Gasteiger partial charge in [0.05, 0.1) is 7.11 Å².